The summed E-state index contributed by atoms with van der Waals surface area (Å²) in [5, 5.41) is 7.55. The molecular weight excluding hydrogens is 399 g/mol. The highest BCUT2D eigenvalue weighted by Gasteiger charge is 2.30. The van der Waals surface area contributed by atoms with E-state index >= 15 is 0 Å². The Balaban J connectivity index is 1.79. The minimum Gasteiger partial charge on any atom is -0.351 e. The van der Waals surface area contributed by atoms with Crippen LogP contribution in [0.25, 0.3) is 11.3 Å². The number of benzene rings is 1. The van der Waals surface area contributed by atoms with Gasteiger partial charge in [-0.05, 0) is 24.3 Å². The summed E-state index contributed by atoms with van der Waals surface area (Å²) in [6, 6.07) is 8.41. The number of hydrogen-bond acceptors (Lipinski definition) is 4. The molecule has 2 aromatic heterocycles. The van der Waals surface area contributed by atoms with Crippen molar-refractivity contribution in [2.24, 2.45) is 5.73 Å². The summed E-state index contributed by atoms with van der Waals surface area (Å²) >= 11 is 5.79. The SMILES string of the molecule is NC(=O)N1CCn2nc(-c3cccc(F)c3)c(C(=O)Nc3ccc(Cl)nc3)c2C1. The second kappa shape index (κ2) is 7.51. The molecule has 0 fully saturated rings. The highest BCUT2D eigenvalue weighted by Crippen LogP contribution is 2.29. The minimum absolute atomic E-state index is 0.124. The Morgan fingerprint density at radius 2 is 2.03 bits per heavy atom. The fourth-order valence-electron chi connectivity index (χ4n) is 3.23. The molecule has 3 N–H and O–H groups in total. The lowest BCUT2D eigenvalue weighted by Crippen LogP contribution is -2.42. The van der Waals surface area contributed by atoms with Crippen LogP contribution in [0, 0.1) is 5.82 Å². The molecule has 1 aromatic carbocycles. The van der Waals surface area contributed by atoms with E-state index in [9.17, 15) is 14.0 Å². The molecule has 1 aliphatic heterocycles. The summed E-state index contributed by atoms with van der Waals surface area (Å²) in [6.45, 7) is 0.865. The summed E-state index contributed by atoms with van der Waals surface area (Å²) in [7, 11) is 0. The number of nitrogens with two attached hydrogens (primary N) is 1. The van der Waals surface area contributed by atoms with Crippen LogP contribution in [0.3, 0.4) is 0 Å². The van der Waals surface area contributed by atoms with E-state index in [0.717, 1.165) is 0 Å². The normalized spacial score (nSPS) is 13.1. The quantitative estimate of drug-likeness (QED) is 0.642. The highest BCUT2D eigenvalue weighted by molar-refractivity contribution is 6.29. The molecule has 3 heterocycles. The third-order valence-corrected chi connectivity index (χ3v) is 4.83. The fraction of sp³-hybridized carbons (Fsp3) is 0.158. The second-order valence-electron chi connectivity index (χ2n) is 6.49. The number of aromatic nitrogens is 3. The van der Waals surface area contributed by atoms with Gasteiger partial charge in [0.25, 0.3) is 5.91 Å². The molecule has 0 atom stereocenters. The zero-order chi connectivity index (χ0) is 20.5. The maximum atomic E-state index is 13.8. The Hall–Kier alpha value is -3.46. The second-order valence-corrected chi connectivity index (χ2v) is 6.87. The van der Waals surface area contributed by atoms with Gasteiger partial charge in [0.1, 0.15) is 16.7 Å². The number of halogens is 2. The van der Waals surface area contributed by atoms with Crippen molar-refractivity contribution in [2.75, 3.05) is 11.9 Å². The van der Waals surface area contributed by atoms with Crippen molar-refractivity contribution >= 4 is 29.2 Å². The average molecular weight is 415 g/mol. The number of amides is 3. The first-order chi connectivity index (χ1) is 13.9. The van der Waals surface area contributed by atoms with Gasteiger partial charge in [-0.15, -0.1) is 0 Å². The molecule has 0 aliphatic carbocycles. The molecule has 10 heteroatoms. The number of fused-ring (bicyclic) bond motifs is 1. The number of carbonyl (C=O) groups excluding carboxylic acids is 2. The predicted octanol–water partition coefficient (Wildman–Crippen LogP) is 2.88. The van der Waals surface area contributed by atoms with Gasteiger partial charge in [0.2, 0.25) is 0 Å². The van der Waals surface area contributed by atoms with E-state index in [1.165, 1.54) is 23.2 Å². The minimum atomic E-state index is -0.585. The highest BCUT2D eigenvalue weighted by atomic mass is 35.5. The Morgan fingerprint density at radius 1 is 1.21 bits per heavy atom. The Morgan fingerprint density at radius 3 is 2.72 bits per heavy atom. The van der Waals surface area contributed by atoms with Gasteiger partial charge < -0.3 is 16.0 Å². The Kier molecular flexibility index (Phi) is 4.89. The van der Waals surface area contributed by atoms with Gasteiger partial charge in [0.05, 0.1) is 36.2 Å². The largest absolute Gasteiger partial charge is 0.351 e. The third-order valence-electron chi connectivity index (χ3n) is 4.60. The van der Waals surface area contributed by atoms with Crippen LogP contribution in [-0.2, 0) is 13.1 Å². The van der Waals surface area contributed by atoms with Crippen molar-refractivity contribution in [3.05, 3.63) is 64.8 Å². The zero-order valence-electron chi connectivity index (χ0n) is 15.1. The summed E-state index contributed by atoms with van der Waals surface area (Å²) in [4.78, 5) is 30.1. The molecule has 0 spiro atoms. The first-order valence-electron chi connectivity index (χ1n) is 8.75. The van der Waals surface area contributed by atoms with Crippen LogP contribution in [0.15, 0.2) is 42.6 Å². The van der Waals surface area contributed by atoms with Gasteiger partial charge in [-0.2, -0.15) is 5.10 Å². The van der Waals surface area contributed by atoms with Crippen molar-refractivity contribution < 1.29 is 14.0 Å². The Labute approximate surface area is 170 Å². The molecule has 3 amide bonds. The van der Waals surface area contributed by atoms with Crippen LogP contribution < -0.4 is 11.1 Å². The number of primary amides is 1. The van der Waals surface area contributed by atoms with Gasteiger partial charge in [-0.3, -0.25) is 9.48 Å². The first kappa shape index (κ1) is 18.9. The molecule has 0 radical (unpaired) electrons. The van der Waals surface area contributed by atoms with Gasteiger partial charge in [-0.1, -0.05) is 23.7 Å². The van der Waals surface area contributed by atoms with Gasteiger partial charge in [0.15, 0.2) is 0 Å². The van der Waals surface area contributed by atoms with Gasteiger partial charge in [-0.25, -0.2) is 14.2 Å². The maximum absolute atomic E-state index is 13.8. The summed E-state index contributed by atoms with van der Waals surface area (Å²) in [5.41, 5.74) is 7.40. The number of carbonyl (C=O) groups is 2. The molecule has 0 unspecified atom stereocenters. The number of anilines is 1. The maximum Gasteiger partial charge on any atom is 0.315 e. The zero-order valence-corrected chi connectivity index (χ0v) is 15.9. The molecule has 0 saturated carbocycles. The fourth-order valence-corrected chi connectivity index (χ4v) is 3.34. The number of nitrogens with one attached hydrogen (secondary N) is 1. The van der Waals surface area contributed by atoms with Crippen molar-refractivity contribution in [2.45, 2.75) is 13.1 Å². The monoisotopic (exact) mass is 414 g/mol. The van der Waals surface area contributed by atoms with E-state index in [-0.39, 0.29) is 12.1 Å². The van der Waals surface area contributed by atoms with Gasteiger partial charge in [0, 0.05) is 12.1 Å². The number of hydrogen-bond donors (Lipinski definition) is 2. The molecule has 29 heavy (non-hydrogen) atoms. The topological polar surface area (TPSA) is 106 Å². The number of rotatable bonds is 3. The van der Waals surface area contributed by atoms with Crippen LogP contribution in [0.2, 0.25) is 5.15 Å². The first-order valence-corrected chi connectivity index (χ1v) is 9.13. The van der Waals surface area contributed by atoms with E-state index in [4.69, 9.17) is 17.3 Å². The van der Waals surface area contributed by atoms with Crippen molar-refractivity contribution in [1.82, 2.24) is 19.7 Å². The molecule has 0 saturated heterocycles. The lowest BCUT2D eigenvalue weighted by Gasteiger charge is -2.26. The molecule has 8 nitrogen and oxygen atoms in total. The van der Waals surface area contributed by atoms with E-state index in [0.29, 0.717) is 40.9 Å². The van der Waals surface area contributed by atoms with E-state index in [1.54, 1.807) is 28.9 Å². The van der Waals surface area contributed by atoms with Crippen LogP contribution >= 0.6 is 11.6 Å². The van der Waals surface area contributed by atoms with E-state index in [2.05, 4.69) is 15.4 Å². The molecule has 148 valence electrons. The summed E-state index contributed by atoms with van der Waals surface area (Å²) < 4.78 is 15.4. The molecule has 4 rings (SSSR count). The van der Waals surface area contributed by atoms with Crippen molar-refractivity contribution in [1.29, 1.82) is 0 Å². The van der Waals surface area contributed by atoms with Gasteiger partial charge >= 0.3 is 6.03 Å². The van der Waals surface area contributed by atoms with Crippen LogP contribution in [0.5, 0.6) is 0 Å². The van der Waals surface area contributed by atoms with Crippen molar-refractivity contribution in [3.8, 4) is 11.3 Å². The Bertz CT molecular complexity index is 1100. The standard InChI is InChI=1S/C19H16ClFN6O2/c20-15-5-4-13(9-23-15)24-18(28)16-14-10-26(19(22)29)6-7-27(14)25-17(16)11-2-1-3-12(21)8-11/h1-5,8-9H,6-7,10H2,(H2,22,29)(H,24,28). The van der Waals surface area contributed by atoms with Crippen LogP contribution in [0.4, 0.5) is 14.9 Å². The van der Waals surface area contributed by atoms with Crippen LogP contribution in [-0.4, -0.2) is 38.1 Å². The lowest BCUT2D eigenvalue weighted by atomic mass is 10.0. The molecule has 3 aromatic rings. The third kappa shape index (κ3) is 3.77. The van der Waals surface area contributed by atoms with Crippen LogP contribution in [0.1, 0.15) is 16.1 Å². The smallest absolute Gasteiger partial charge is 0.315 e. The van der Waals surface area contributed by atoms with E-state index in [1.807, 2.05) is 0 Å². The lowest BCUT2D eigenvalue weighted by molar-refractivity contribution is 0.102. The molecule has 0 bridgehead atoms. The van der Waals surface area contributed by atoms with Crippen molar-refractivity contribution in [3.63, 3.8) is 0 Å². The summed E-state index contributed by atoms with van der Waals surface area (Å²) in [6.07, 6.45) is 1.42. The number of nitrogens with zero attached hydrogens (tertiary/aromatic N) is 4. The number of urea groups is 1. The number of pyridine rings is 1. The summed E-state index contributed by atoms with van der Waals surface area (Å²) in [5.74, 6) is -0.901. The molecule has 1 aliphatic rings. The van der Waals surface area contributed by atoms with E-state index < -0.39 is 17.8 Å². The molecular formula is C19H16ClFN6O2. The average Bonchev–Trinajstić information content (AvgIpc) is 3.08. The predicted molar refractivity (Wildman–Crippen MR) is 105 cm³/mol.